The molecule has 2 aromatic rings. The van der Waals surface area contributed by atoms with Gasteiger partial charge in [0.05, 0.1) is 19.8 Å². The van der Waals surface area contributed by atoms with Crippen LogP contribution in [-0.2, 0) is 6.42 Å². The van der Waals surface area contributed by atoms with Crippen LogP contribution in [0.25, 0.3) is 0 Å². The van der Waals surface area contributed by atoms with E-state index in [0.717, 1.165) is 23.3 Å². The van der Waals surface area contributed by atoms with Crippen LogP contribution in [0.15, 0.2) is 65.8 Å². The maximum Gasteiger partial charge on any atom is 0.189 e. The summed E-state index contributed by atoms with van der Waals surface area (Å²) in [5.41, 5.74) is 5.18. The van der Waals surface area contributed by atoms with Gasteiger partial charge in [0, 0.05) is 5.92 Å². The summed E-state index contributed by atoms with van der Waals surface area (Å²) in [6.07, 6.45) is 4.73. The Morgan fingerprint density at radius 1 is 1.00 bits per heavy atom. The van der Waals surface area contributed by atoms with Crippen molar-refractivity contribution in [1.29, 1.82) is 0 Å². The first-order chi connectivity index (χ1) is 13.4. The van der Waals surface area contributed by atoms with Crippen LogP contribution in [0, 0.1) is 0 Å². The molecule has 3 nitrogen and oxygen atoms in total. The number of hydrogen-bond donors (Lipinski definition) is 0. The van der Waals surface area contributed by atoms with Gasteiger partial charge in [-0.25, -0.2) is 0 Å². The summed E-state index contributed by atoms with van der Waals surface area (Å²) in [5, 5.41) is 0. The topological polar surface area (TPSA) is 35.5 Å². The third-order valence-corrected chi connectivity index (χ3v) is 4.95. The van der Waals surface area contributed by atoms with E-state index in [4.69, 9.17) is 9.47 Å². The second kappa shape index (κ2) is 9.93. The number of hydrogen-bond acceptors (Lipinski definition) is 3. The molecule has 0 saturated carbocycles. The molecule has 0 aliphatic carbocycles. The maximum atomic E-state index is 12.7. The molecule has 0 N–H and O–H groups in total. The van der Waals surface area contributed by atoms with Gasteiger partial charge in [-0.3, -0.25) is 4.79 Å². The van der Waals surface area contributed by atoms with E-state index in [2.05, 4.69) is 39.0 Å². The van der Waals surface area contributed by atoms with E-state index in [1.54, 1.807) is 32.4 Å². The Bertz CT molecular complexity index is 886. The van der Waals surface area contributed by atoms with Crippen molar-refractivity contribution in [3.63, 3.8) is 0 Å². The lowest BCUT2D eigenvalue weighted by atomic mass is 9.90. The molecule has 0 aliphatic rings. The molecule has 1 unspecified atom stereocenters. The number of allylic oxidation sites excluding steroid dienone is 4. The summed E-state index contributed by atoms with van der Waals surface area (Å²) >= 11 is 0. The predicted octanol–water partition coefficient (Wildman–Crippen LogP) is 6.15. The fourth-order valence-corrected chi connectivity index (χ4v) is 3.06. The molecule has 0 amide bonds. The van der Waals surface area contributed by atoms with Crippen LogP contribution in [0.3, 0.4) is 0 Å². The van der Waals surface area contributed by atoms with Crippen LogP contribution >= 0.6 is 0 Å². The molecule has 0 saturated heterocycles. The van der Waals surface area contributed by atoms with Crippen molar-refractivity contribution in [2.24, 2.45) is 0 Å². The van der Waals surface area contributed by atoms with Crippen molar-refractivity contribution >= 4 is 5.78 Å². The highest BCUT2D eigenvalue weighted by Gasteiger charge is 2.14. The minimum absolute atomic E-state index is 0.0416. The van der Waals surface area contributed by atoms with Gasteiger partial charge >= 0.3 is 0 Å². The molecule has 3 heteroatoms. The zero-order valence-corrected chi connectivity index (χ0v) is 17.7. The lowest BCUT2D eigenvalue weighted by molar-refractivity contribution is 0.104. The highest BCUT2D eigenvalue weighted by molar-refractivity contribution is 6.07. The van der Waals surface area contributed by atoms with Crippen LogP contribution in [0.2, 0.25) is 0 Å². The first-order valence-electron chi connectivity index (χ1n) is 9.53. The number of para-hydroxylation sites is 1. The van der Waals surface area contributed by atoms with E-state index in [9.17, 15) is 4.79 Å². The van der Waals surface area contributed by atoms with Crippen LogP contribution < -0.4 is 9.47 Å². The Balaban J connectivity index is 2.30. The van der Waals surface area contributed by atoms with Gasteiger partial charge in [-0.2, -0.15) is 0 Å². The highest BCUT2D eigenvalue weighted by atomic mass is 16.5. The number of rotatable bonds is 8. The lowest BCUT2D eigenvalue weighted by Crippen LogP contribution is -2.03. The molecular formula is C25H30O3. The van der Waals surface area contributed by atoms with E-state index >= 15 is 0 Å². The van der Waals surface area contributed by atoms with Gasteiger partial charge in [0.1, 0.15) is 11.5 Å². The Labute approximate surface area is 168 Å². The molecule has 2 rings (SSSR count). The van der Waals surface area contributed by atoms with E-state index < -0.39 is 0 Å². The highest BCUT2D eigenvalue weighted by Crippen LogP contribution is 2.30. The van der Waals surface area contributed by atoms with Gasteiger partial charge in [-0.15, -0.1) is 0 Å². The van der Waals surface area contributed by atoms with Crippen LogP contribution in [0.4, 0.5) is 0 Å². The number of ketones is 1. The first-order valence-corrected chi connectivity index (χ1v) is 9.53. The second-order valence-electron chi connectivity index (χ2n) is 7.23. The zero-order chi connectivity index (χ0) is 20.7. The van der Waals surface area contributed by atoms with Crippen LogP contribution in [-0.4, -0.2) is 20.0 Å². The fourth-order valence-electron chi connectivity index (χ4n) is 3.06. The third kappa shape index (κ3) is 5.35. The molecule has 0 bridgehead atoms. The predicted molar refractivity (Wildman–Crippen MR) is 116 cm³/mol. The quantitative estimate of drug-likeness (QED) is 0.314. The molecule has 2 aromatic carbocycles. The number of carbonyl (C=O) groups excluding carboxylic acids is 1. The summed E-state index contributed by atoms with van der Waals surface area (Å²) in [7, 11) is 3.28. The zero-order valence-electron chi connectivity index (χ0n) is 17.7. The molecule has 0 radical (unpaired) electrons. The van der Waals surface area contributed by atoms with Gasteiger partial charge in [0.25, 0.3) is 0 Å². The van der Waals surface area contributed by atoms with Crippen molar-refractivity contribution in [2.45, 2.75) is 40.0 Å². The molecular weight excluding hydrogens is 348 g/mol. The average molecular weight is 379 g/mol. The van der Waals surface area contributed by atoms with E-state index in [1.165, 1.54) is 11.1 Å². The summed E-state index contributed by atoms with van der Waals surface area (Å²) in [4.78, 5) is 12.7. The second-order valence-corrected chi connectivity index (χ2v) is 7.23. The minimum atomic E-state index is -0.0416. The first kappa shape index (κ1) is 21.5. The monoisotopic (exact) mass is 378 g/mol. The van der Waals surface area contributed by atoms with Crippen LogP contribution in [0.5, 0.6) is 11.5 Å². The van der Waals surface area contributed by atoms with Crippen molar-refractivity contribution in [3.05, 3.63) is 82.5 Å². The summed E-state index contributed by atoms with van der Waals surface area (Å²) in [5.74, 6) is 1.56. The lowest BCUT2D eigenvalue weighted by Gasteiger charge is -2.16. The van der Waals surface area contributed by atoms with Gasteiger partial charge in [0.2, 0.25) is 0 Å². The standard InChI is InChI=1S/C25H30O3/c1-17(2)11-12-21-16-20(13-14-24(21)27-5)19(4)18(3)15-23(26)22-9-7-8-10-25(22)28-6/h7-11,13-16,19H,12H2,1-6H3/b18-15+. The Morgan fingerprint density at radius 3 is 2.32 bits per heavy atom. The summed E-state index contributed by atoms with van der Waals surface area (Å²) in [6, 6.07) is 13.6. The van der Waals surface area contributed by atoms with E-state index in [-0.39, 0.29) is 11.7 Å². The molecule has 0 spiro atoms. The normalized spacial score (nSPS) is 12.3. The molecule has 28 heavy (non-hydrogen) atoms. The van der Waals surface area contributed by atoms with Crippen molar-refractivity contribution in [2.75, 3.05) is 14.2 Å². The van der Waals surface area contributed by atoms with Crippen molar-refractivity contribution in [3.8, 4) is 11.5 Å². The van der Waals surface area contributed by atoms with Crippen LogP contribution in [0.1, 0.15) is 55.1 Å². The maximum absolute atomic E-state index is 12.7. The molecule has 0 aliphatic heterocycles. The number of ether oxygens (including phenoxy) is 2. The van der Waals surface area contributed by atoms with Gasteiger partial charge in [-0.05, 0) is 62.6 Å². The van der Waals surface area contributed by atoms with Crippen molar-refractivity contribution in [1.82, 2.24) is 0 Å². The number of carbonyl (C=O) groups is 1. The fraction of sp³-hybridized carbons (Fsp3) is 0.320. The molecule has 1 atom stereocenters. The Kier molecular flexibility index (Phi) is 7.62. The molecule has 0 heterocycles. The average Bonchev–Trinajstić information content (AvgIpc) is 2.71. The van der Waals surface area contributed by atoms with Gasteiger partial charge < -0.3 is 9.47 Å². The van der Waals surface area contributed by atoms with E-state index in [0.29, 0.717) is 11.3 Å². The number of methoxy groups -OCH3 is 2. The largest absolute Gasteiger partial charge is 0.496 e. The smallest absolute Gasteiger partial charge is 0.189 e. The Morgan fingerprint density at radius 2 is 1.68 bits per heavy atom. The minimum Gasteiger partial charge on any atom is -0.496 e. The van der Waals surface area contributed by atoms with Gasteiger partial charge in [0.15, 0.2) is 5.78 Å². The summed E-state index contributed by atoms with van der Waals surface area (Å²) < 4.78 is 10.8. The number of benzene rings is 2. The van der Waals surface area contributed by atoms with E-state index in [1.807, 2.05) is 25.1 Å². The molecule has 0 aromatic heterocycles. The molecule has 0 fully saturated rings. The molecule has 148 valence electrons. The Hall–Kier alpha value is -2.81. The third-order valence-electron chi connectivity index (χ3n) is 4.95. The van der Waals surface area contributed by atoms with Gasteiger partial charge in [-0.1, -0.05) is 48.4 Å². The summed E-state index contributed by atoms with van der Waals surface area (Å²) in [6.45, 7) is 8.30. The SMILES string of the molecule is COc1ccc(C(C)/C(C)=C/C(=O)c2ccccc2OC)cc1CC=C(C)C. The van der Waals surface area contributed by atoms with Crippen molar-refractivity contribution < 1.29 is 14.3 Å².